The molecule has 8 N–H and O–H groups in total. The number of aromatic hydroxyl groups is 8. The van der Waals surface area contributed by atoms with E-state index in [0.717, 1.165) is 0 Å². The standard InChI is InChI=1S/C24H24N2O8/c27-17-3-1-13(19(29)11-17)7-15-9-21(31)25(23(15)33)5-6-26-22(32)10-16(24(26)34)8-14-2-4-18(28)12-20(14)30/h1-4,9-12,27-34H,5-8H2. The molecule has 0 spiro atoms. The van der Waals surface area contributed by atoms with Crippen LogP contribution in [0.25, 0.3) is 0 Å². The van der Waals surface area contributed by atoms with E-state index in [4.69, 9.17) is 0 Å². The Morgan fingerprint density at radius 3 is 1.21 bits per heavy atom. The van der Waals surface area contributed by atoms with E-state index in [9.17, 15) is 40.9 Å². The minimum atomic E-state index is -0.245. The molecule has 178 valence electrons. The summed E-state index contributed by atoms with van der Waals surface area (Å²) in [5, 5.41) is 80.5. The Bertz CT molecular complexity index is 1250. The summed E-state index contributed by atoms with van der Waals surface area (Å²) >= 11 is 0. The number of benzene rings is 2. The summed E-state index contributed by atoms with van der Waals surface area (Å²) in [6.45, 7) is -0.00213. The first-order valence-electron chi connectivity index (χ1n) is 10.4. The molecule has 2 aromatic heterocycles. The molecule has 10 nitrogen and oxygen atoms in total. The lowest BCUT2D eigenvalue weighted by Gasteiger charge is -2.11. The summed E-state index contributed by atoms with van der Waals surface area (Å²) in [5.41, 5.74) is 1.55. The summed E-state index contributed by atoms with van der Waals surface area (Å²) in [7, 11) is 0. The fourth-order valence-electron chi connectivity index (χ4n) is 3.88. The second-order valence-electron chi connectivity index (χ2n) is 7.99. The lowest BCUT2D eigenvalue weighted by molar-refractivity contribution is 0.329. The molecule has 4 rings (SSSR count). The van der Waals surface area contributed by atoms with Crippen LogP contribution in [0.4, 0.5) is 0 Å². The lowest BCUT2D eigenvalue weighted by Crippen LogP contribution is -2.06. The van der Waals surface area contributed by atoms with E-state index in [-0.39, 0.29) is 72.4 Å². The Morgan fingerprint density at radius 2 is 0.853 bits per heavy atom. The van der Waals surface area contributed by atoms with Gasteiger partial charge in [0, 0.05) is 61.3 Å². The van der Waals surface area contributed by atoms with Gasteiger partial charge in [-0.3, -0.25) is 9.13 Å². The number of aromatic nitrogens is 2. The number of hydrogen-bond acceptors (Lipinski definition) is 8. The van der Waals surface area contributed by atoms with Crippen molar-refractivity contribution in [3.8, 4) is 46.5 Å². The first kappa shape index (κ1) is 22.6. The van der Waals surface area contributed by atoms with Gasteiger partial charge in [0.1, 0.15) is 23.0 Å². The van der Waals surface area contributed by atoms with Gasteiger partial charge in [-0.25, -0.2) is 0 Å². The maximum absolute atomic E-state index is 10.6. The predicted molar refractivity (Wildman–Crippen MR) is 121 cm³/mol. The largest absolute Gasteiger partial charge is 0.508 e. The molecule has 0 aliphatic carbocycles. The van der Waals surface area contributed by atoms with Crippen molar-refractivity contribution in [1.29, 1.82) is 0 Å². The Morgan fingerprint density at radius 1 is 0.471 bits per heavy atom. The third-order valence-corrected chi connectivity index (χ3v) is 5.69. The van der Waals surface area contributed by atoms with Gasteiger partial charge in [0.15, 0.2) is 23.5 Å². The second kappa shape index (κ2) is 8.74. The molecular weight excluding hydrogens is 444 g/mol. The van der Waals surface area contributed by atoms with Gasteiger partial charge in [-0.1, -0.05) is 12.1 Å². The number of phenolic OH excluding ortho intramolecular Hbond substituents is 4. The van der Waals surface area contributed by atoms with Crippen LogP contribution >= 0.6 is 0 Å². The Balaban J connectivity index is 1.51. The molecule has 0 saturated heterocycles. The molecule has 4 aromatic rings. The van der Waals surface area contributed by atoms with Crippen molar-refractivity contribution in [2.24, 2.45) is 0 Å². The zero-order chi connectivity index (χ0) is 24.6. The molecule has 34 heavy (non-hydrogen) atoms. The van der Waals surface area contributed by atoms with E-state index in [1.54, 1.807) is 0 Å². The van der Waals surface area contributed by atoms with Crippen LogP contribution in [0.1, 0.15) is 22.3 Å². The van der Waals surface area contributed by atoms with Crippen LogP contribution in [-0.4, -0.2) is 50.0 Å². The Labute approximate surface area is 193 Å². The van der Waals surface area contributed by atoms with Crippen LogP contribution in [0, 0.1) is 0 Å². The van der Waals surface area contributed by atoms with Crippen LogP contribution in [0.3, 0.4) is 0 Å². The topological polar surface area (TPSA) is 172 Å². The third kappa shape index (κ3) is 4.33. The molecule has 0 unspecified atom stereocenters. The monoisotopic (exact) mass is 468 g/mol. The number of phenols is 4. The highest BCUT2D eigenvalue weighted by Gasteiger charge is 2.19. The van der Waals surface area contributed by atoms with Crippen LogP contribution in [0.5, 0.6) is 46.5 Å². The summed E-state index contributed by atoms with van der Waals surface area (Å²) in [4.78, 5) is 0. The highest BCUT2D eigenvalue weighted by Crippen LogP contribution is 2.35. The zero-order valence-electron chi connectivity index (χ0n) is 17.9. The van der Waals surface area contributed by atoms with Crippen molar-refractivity contribution in [2.75, 3.05) is 0 Å². The predicted octanol–water partition coefficient (Wildman–Crippen LogP) is 2.82. The number of rotatable bonds is 7. The highest BCUT2D eigenvalue weighted by atomic mass is 16.3. The molecule has 0 bridgehead atoms. The lowest BCUT2D eigenvalue weighted by atomic mass is 10.1. The van der Waals surface area contributed by atoms with Crippen LogP contribution in [0.2, 0.25) is 0 Å². The van der Waals surface area contributed by atoms with Crippen molar-refractivity contribution < 1.29 is 40.9 Å². The van der Waals surface area contributed by atoms with Crippen LogP contribution in [-0.2, 0) is 25.9 Å². The van der Waals surface area contributed by atoms with Gasteiger partial charge in [0.2, 0.25) is 0 Å². The first-order chi connectivity index (χ1) is 16.1. The summed E-state index contributed by atoms with van der Waals surface area (Å²) in [6, 6.07) is 10.8. The SMILES string of the molecule is Oc1ccc(Cc2cc(O)n(CCn3c(O)cc(Cc4ccc(O)cc4O)c3O)c2O)c(O)c1. The van der Waals surface area contributed by atoms with Gasteiger partial charge in [0.05, 0.1) is 0 Å². The molecular formula is C24H24N2O8. The molecule has 10 heteroatoms. The maximum Gasteiger partial charge on any atom is 0.197 e. The fraction of sp³-hybridized carbons (Fsp3) is 0.167. The van der Waals surface area contributed by atoms with Crippen molar-refractivity contribution >= 4 is 0 Å². The summed E-state index contributed by atoms with van der Waals surface area (Å²) in [6.07, 6.45) is 0.192. The van der Waals surface area contributed by atoms with E-state index >= 15 is 0 Å². The van der Waals surface area contributed by atoms with Crippen molar-refractivity contribution in [2.45, 2.75) is 25.9 Å². The normalized spacial score (nSPS) is 11.2. The number of nitrogens with zero attached hydrogens (tertiary/aromatic N) is 2. The average Bonchev–Trinajstić information content (AvgIpc) is 3.19. The molecule has 2 aromatic carbocycles. The Hall–Kier alpha value is -4.60. The molecule has 0 fully saturated rings. The van der Waals surface area contributed by atoms with E-state index in [1.807, 2.05) is 0 Å². The van der Waals surface area contributed by atoms with E-state index < -0.39 is 0 Å². The maximum atomic E-state index is 10.6. The van der Waals surface area contributed by atoms with Crippen LogP contribution < -0.4 is 0 Å². The van der Waals surface area contributed by atoms with Crippen molar-refractivity contribution in [3.05, 3.63) is 70.8 Å². The average molecular weight is 468 g/mol. The second-order valence-corrected chi connectivity index (χ2v) is 7.99. The number of hydrogen-bond donors (Lipinski definition) is 8. The molecule has 0 radical (unpaired) electrons. The minimum absolute atomic E-state index is 0.00107. The van der Waals surface area contributed by atoms with E-state index in [1.165, 1.54) is 57.7 Å². The molecule has 0 aliphatic rings. The summed E-state index contributed by atoms with van der Waals surface area (Å²) in [5.74, 6) is -1.48. The van der Waals surface area contributed by atoms with E-state index in [2.05, 4.69) is 0 Å². The van der Waals surface area contributed by atoms with Gasteiger partial charge >= 0.3 is 0 Å². The molecule has 0 saturated carbocycles. The van der Waals surface area contributed by atoms with Crippen molar-refractivity contribution in [1.82, 2.24) is 9.13 Å². The van der Waals surface area contributed by atoms with Gasteiger partial charge in [-0.05, 0) is 23.3 Å². The smallest absolute Gasteiger partial charge is 0.197 e. The first-order valence-corrected chi connectivity index (χ1v) is 10.4. The van der Waals surface area contributed by atoms with Crippen LogP contribution in [0.15, 0.2) is 48.5 Å². The van der Waals surface area contributed by atoms with E-state index in [0.29, 0.717) is 22.3 Å². The summed E-state index contributed by atoms with van der Waals surface area (Å²) < 4.78 is 2.38. The van der Waals surface area contributed by atoms with Gasteiger partial charge in [0.25, 0.3) is 0 Å². The highest BCUT2D eigenvalue weighted by molar-refractivity contribution is 5.47. The quantitative estimate of drug-likeness (QED) is 0.204. The van der Waals surface area contributed by atoms with Gasteiger partial charge in [-0.15, -0.1) is 0 Å². The minimum Gasteiger partial charge on any atom is -0.508 e. The Kier molecular flexibility index (Phi) is 5.80. The third-order valence-electron chi connectivity index (χ3n) is 5.69. The molecule has 0 aliphatic heterocycles. The van der Waals surface area contributed by atoms with Gasteiger partial charge < -0.3 is 40.9 Å². The zero-order valence-corrected chi connectivity index (χ0v) is 17.9. The molecule has 0 atom stereocenters. The molecule has 0 amide bonds. The fourth-order valence-corrected chi connectivity index (χ4v) is 3.88. The van der Waals surface area contributed by atoms with Crippen molar-refractivity contribution in [3.63, 3.8) is 0 Å². The van der Waals surface area contributed by atoms with Gasteiger partial charge in [-0.2, -0.15) is 0 Å². The molecule has 2 heterocycles.